The molecule has 0 unspecified atom stereocenters. The number of rotatable bonds is 10. The third kappa shape index (κ3) is 8.39. The molecule has 2 saturated carbocycles. The number of amides is 3. The van der Waals surface area contributed by atoms with Gasteiger partial charge in [-0.15, -0.1) is 0 Å². The average Bonchev–Trinajstić information content (AvgIpc) is 4.11. The number of ether oxygens (including phenoxy) is 1. The Bertz CT molecular complexity index is 2490. The molecule has 2 aromatic heterocycles. The normalized spacial score (nSPS) is 22.3. The number of nitrogens with one attached hydrogen (secondary N) is 3. The van der Waals surface area contributed by atoms with E-state index < -0.39 is 17.7 Å². The van der Waals surface area contributed by atoms with Crippen molar-refractivity contribution in [3.8, 4) is 33.6 Å². The molecule has 0 bridgehead atoms. The average molecular weight is 896 g/mol. The highest BCUT2D eigenvalue weighted by Crippen LogP contribution is 2.56. The molecule has 3 N–H and O–H groups in total. The number of H-pyrrole nitrogens is 2. The van der Waals surface area contributed by atoms with Crippen LogP contribution in [0.4, 0.5) is 4.79 Å². The summed E-state index contributed by atoms with van der Waals surface area (Å²) in [5.41, 5.74) is 13.4. The number of nitrogens with zero attached hydrogens (tertiary/aromatic N) is 4. The van der Waals surface area contributed by atoms with Crippen LogP contribution in [0.25, 0.3) is 33.6 Å². The first kappa shape index (κ1) is 44.9. The van der Waals surface area contributed by atoms with Crippen LogP contribution in [0.1, 0.15) is 178 Å². The molecule has 6 aliphatic rings. The highest BCUT2D eigenvalue weighted by molar-refractivity contribution is 5.87. The fourth-order valence-corrected chi connectivity index (χ4v) is 13.3. The molecule has 66 heavy (non-hydrogen) atoms. The summed E-state index contributed by atoms with van der Waals surface area (Å²) in [6, 6.07) is 8.69. The second-order valence-electron chi connectivity index (χ2n) is 23.1. The SMILES string of the molecule is CC(C)CC(=O)N1CCC[C@H]1c1ncc(-c2ccc(-c3ccc(-c4cnc([C@H]5CCCN5C(=O)[C@@H](NC(=O)OC(C)(C)C)C(C)C)[nH]4)c4c3CC3(CCCC3)C4)c3c2CC2(CCCC2)C3)[nH]1. The molecule has 4 heterocycles. The number of carbonyl (C=O) groups excluding carboxylic acids is 3. The van der Waals surface area contributed by atoms with Gasteiger partial charge < -0.3 is 29.8 Å². The van der Waals surface area contributed by atoms with Crippen LogP contribution in [0, 0.1) is 22.7 Å². The number of likely N-dealkylation sites (tertiary alicyclic amines) is 2. The number of hydrogen-bond acceptors (Lipinski definition) is 6. The predicted molar refractivity (Wildman–Crippen MR) is 258 cm³/mol. The topological polar surface area (TPSA) is 136 Å². The fraction of sp³-hybridized carbons (Fsp3) is 0.618. The molecule has 2 saturated heterocycles. The Labute approximate surface area is 392 Å². The minimum Gasteiger partial charge on any atom is -0.444 e. The molecule has 2 aliphatic heterocycles. The maximum absolute atomic E-state index is 14.2. The van der Waals surface area contributed by atoms with Crippen LogP contribution in [0.3, 0.4) is 0 Å². The lowest BCUT2D eigenvalue weighted by atomic mass is 9.82. The van der Waals surface area contributed by atoms with Gasteiger partial charge in [0.1, 0.15) is 23.3 Å². The van der Waals surface area contributed by atoms with Crippen LogP contribution in [-0.4, -0.2) is 72.4 Å². The van der Waals surface area contributed by atoms with E-state index in [2.05, 4.69) is 58.3 Å². The van der Waals surface area contributed by atoms with Gasteiger partial charge in [-0.2, -0.15) is 0 Å². The lowest BCUT2D eigenvalue weighted by molar-refractivity contribution is -0.135. The van der Waals surface area contributed by atoms with Gasteiger partial charge >= 0.3 is 6.09 Å². The Hall–Kier alpha value is -4.93. The van der Waals surface area contributed by atoms with Crippen molar-refractivity contribution in [2.45, 2.75) is 181 Å². The van der Waals surface area contributed by atoms with E-state index >= 15 is 0 Å². The van der Waals surface area contributed by atoms with Gasteiger partial charge in [-0.05, 0) is 154 Å². The highest BCUT2D eigenvalue weighted by Gasteiger charge is 2.45. The summed E-state index contributed by atoms with van der Waals surface area (Å²) in [4.78, 5) is 61.8. The molecule has 2 aromatic carbocycles. The van der Waals surface area contributed by atoms with E-state index in [1.807, 2.05) is 51.9 Å². The van der Waals surface area contributed by atoms with Gasteiger partial charge in [-0.1, -0.05) is 77.6 Å². The van der Waals surface area contributed by atoms with Gasteiger partial charge in [0.05, 0.1) is 35.9 Å². The Morgan fingerprint density at radius 3 is 1.58 bits per heavy atom. The lowest BCUT2D eigenvalue weighted by Crippen LogP contribution is -2.52. The Morgan fingerprint density at radius 1 is 0.682 bits per heavy atom. The van der Waals surface area contributed by atoms with Crippen molar-refractivity contribution < 1.29 is 19.1 Å². The number of fused-ring (bicyclic) bond motifs is 2. The van der Waals surface area contributed by atoms with Gasteiger partial charge in [-0.25, -0.2) is 14.8 Å². The molecule has 3 amide bonds. The van der Waals surface area contributed by atoms with Gasteiger partial charge in [0, 0.05) is 30.6 Å². The smallest absolute Gasteiger partial charge is 0.408 e. The molecule has 4 aromatic rings. The van der Waals surface area contributed by atoms with Crippen molar-refractivity contribution in [3.63, 3.8) is 0 Å². The lowest BCUT2D eigenvalue weighted by Gasteiger charge is -2.31. The second kappa shape index (κ2) is 17.3. The molecule has 4 aliphatic carbocycles. The molecule has 11 heteroatoms. The minimum atomic E-state index is -0.696. The number of aromatic amines is 2. The monoisotopic (exact) mass is 896 g/mol. The third-order valence-corrected chi connectivity index (χ3v) is 16.4. The van der Waals surface area contributed by atoms with E-state index in [4.69, 9.17) is 14.7 Å². The molecular formula is C55H73N7O4. The number of aromatic nitrogens is 4. The summed E-state index contributed by atoms with van der Waals surface area (Å²) in [7, 11) is 0. The number of carbonyl (C=O) groups is 3. The van der Waals surface area contributed by atoms with Crippen LogP contribution < -0.4 is 5.32 Å². The molecule has 2 spiro atoms. The molecule has 352 valence electrons. The first-order chi connectivity index (χ1) is 31.6. The number of alkyl carbamates (subject to hydrolysis) is 1. The minimum absolute atomic E-state index is 0.0124. The first-order valence-corrected chi connectivity index (χ1v) is 25.6. The quantitative estimate of drug-likeness (QED) is 0.145. The van der Waals surface area contributed by atoms with E-state index in [1.165, 1.54) is 95.9 Å². The van der Waals surface area contributed by atoms with Crippen LogP contribution in [0.15, 0.2) is 36.7 Å². The van der Waals surface area contributed by atoms with Crippen molar-refractivity contribution in [3.05, 3.63) is 70.6 Å². The van der Waals surface area contributed by atoms with Crippen LogP contribution in [0.5, 0.6) is 0 Å². The highest BCUT2D eigenvalue weighted by atomic mass is 16.6. The molecular weight excluding hydrogens is 823 g/mol. The predicted octanol–water partition coefficient (Wildman–Crippen LogP) is 11.4. The molecule has 0 radical (unpaired) electrons. The second-order valence-corrected chi connectivity index (χ2v) is 23.1. The van der Waals surface area contributed by atoms with E-state index in [-0.39, 0.29) is 29.8 Å². The van der Waals surface area contributed by atoms with E-state index in [9.17, 15) is 14.4 Å². The van der Waals surface area contributed by atoms with Crippen molar-refractivity contribution in [2.24, 2.45) is 22.7 Å². The summed E-state index contributed by atoms with van der Waals surface area (Å²) >= 11 is 0. The van der Waals surface area contributed by atoms with Crippen molar-refractivity contribution in [1.82, 2.24) is 35.1 Å². The maximum Gasteiger partial charge on any atom is 0.408 e. The molecule has 10 rings (SSSR count). The van der Waals surface area contributed by atoms with Gasteiger partial charge in [0.15, 0.2) is 0 Å². The summed E-state index contributed by atoms with van der Waals surface area (Å²) < 4.78 is 5.55. The van der Waals surface area contributed by atoms with Crippen LogP contribution in [-0.2, 0) is 40.0 Å². The maximum atomic E-state index is 14.2. The summed E-state index contributed by atoms with van der Waals surface area (Å²) in [6.45, 7) is 15.1. The molecule has 4 fully saturated rings. The van der Waals surface area contributed by atoms with Crippen LogP contribution in [0.2, 0.25) is 0 Å². The van der Waals surface area contributed by atoms with Crippen LogP contribution >= 0.6 is 0 Å². The van der Waals surface area contributed by atoms with E-state index in [0.717, 1.165) is 80.9 Å². The largest absolute Gasteiger partial charge is 0.444 e. The standard InChI is InChI=1S/C55H73N7O4/c1-33(2)26-47(63)61-24-12-14-45(61)49-56-31-43(58-49)37-18-16-35(39-27-54(29-41(37)39)20-8-9-21-54)36-17-19-38(42-30-55(28-40(36)42)22-10-11-23-55)44-32-57-50(59-44)46-15-13-25-62(46)51(64)48(34(3)4)60-52(65)66-53(5,6)7/h16-19,31-34,45-46,48H,8-15,20-30H2,1-7H3,(H,56,58)(H,57,59)(H,60,65)/t45-,46+,48-/m0/s1. The van der Waals surface area contributed by atoms with Crippen molar-refractivity contribution in [1.29, 1.82) is 0 Å². The van der Waals surface area contributed by atoms with E-state index in [1.54, 1.807) is 0 Å². The Morgan fingerprint density at radius 2 is 1.12 bits per heavy atom. The summed E-state index contributed by atoms with van der Waals surface area (Å²) in [5, 5.41) is 2.89. The molecule has 3 atom stereocenters. The Kier molecular flexibility index (Phi) is 11.8. The first-order valence-electron chi connectivity index (χ1n) is 25.6. The molecule has 11 nitrogen and oxygen atoms in total. The zero-order chi connectivity index (χ0) is 46.1. The summed E-state index contributed by atoms with van der Waals surface area (Å²) in [5.74, 6) is 2.10. The number of imidazole rings is 2. The zero-order valence-corrected chi connectivity index (χ0v) is 40.7. The van der Waals surface area contributed by atoms with Crippen molar-refractivity contribution >= 4 is 17.9 Å². The summed E-state index contributed by atoms with van der Waals surface area (Å²) in [6.07, 6.45) is 22.4. The van der Waals surface area contributed by atoms with Gasteiger partial charge in [0.25, 0.3) is 0 Å². The Balaban J connectivity index is 0.976. The van der Waals surface area contributed by atoms with Gasteiger partial charge in [-0.3, -0.25) is 9.59 Å². The van der Waals surface area contributed by atoms with Crippen molar-refractivity contribution in [2.75, 3.05) is 13.1 Å². The third-order valence-electron chi connectivity index (χ3n) is 16.4. The zero-order valence-electron chi connectivity index (χ0n) is 40.7. The fourth-order valence-electron chi connectivity index (χ4n) is 13.3. The van der Waals surface area contributed by atoms with E-state index in [0.29, 0.717) is 29.7 Å². The number of hydrogen-bond donors (Lipinski definition) is 3. The number of benzene rings is 2. The van der Waals surface area contributed by atoms with Gasteiger partial charge in [0.2, 0.25) is 11.8 Å².